The Morgan fingerprint density at radius 1 is 1.32 bits per heavy atom. The summed E-state index contributed by atoms with van der Waals surface area (Å²) in [4.78, 5) is 14.9. The number of piperazine rings is 1. The second kappa shape index (κ2) is 5.39. The van der Waals surface area contributed by atoms with Gasteiger partial charge in [0.25, 0.3) is 0 Å². The summed E-state index contributed by atoms with van der Waals surface area (Å²) in [7, 11) is 0. The van der Waals surface area contributed by atoms with Gasteiger partial charge in [0.05, 0.1) is 5.54 Å². The first kappa shape index (κ1) is 14.2. The molecule has 2 rings (SSSR count). The van der Waals surface area contributed by atoms with Crippen LogP contribution < -0.4 is 5.32 Å². The molecule has 104 valence electrons. The Bertz CT molecular complexity index is 479. The Balaban J connectivity index is 2.28. The molecule has 3 nitrogen and oxygen atoms in total. The van der Waals surface area contributed by atoms with E-state index >= 15 is 0 Å². The minimum absolute atomic E-state index is 0.00796. The third-order valence-corrected chi connectivity index (χ3v) is 3.91. The fraction of sp³-hybridized carbons (Fsp3) is 0.533. The van der Waals surface area contributed by atoms with Gasteiger partial charge in [0, 0.05) is 31.7 Å². The summed E-state index contributed by atoms with van der Waals surface area (Å²) >= 11 is 0. The maximum absolute atomic E-state index is 13.4. The summed E-state index contributed by atoms with van der Waals surface area (Å²) in [6.45, 7) is 9.15. The van der Waals surface area contributed by atoms with Crippen molar-refractivity contribution in [1.82, 2.24) is 10.2 Å². The number of carbonyl (C=O) groups is 1. The van der Waals surface area contributed by atoms with Crippen LogP contribution in [0.1, 0.15) is 29.8 Å². The number of benzene rings is 1. The average molecular weight is 264 g/mol. The van der Waals surface area contributed by atoms with Gasteiger partial charge in [-0.05, 0) is 38.5 Å². The Morgan fingerprint density at radius 3 is 2.58 bits per heavy atom. The average Bonchev–Trinajstić information content (AvgIpc) is 2.41. The van der Waals surface area contributed by atoms with Crippen molar-refractivity contribution in [2.24, 2.45) is 0 Å². The molecule has 0 aliphatic carbocycles. The highest BCUT2D eigenvalue weighted by molar-refractivity contribution is 6.03. The molecular weight excluding hydrogens is 243 g/mol. The van der Waals surface area contributed by atoms with Crippen LogP contribution in [0.15, 0.2) is 18.2 Å². The number of carbonyl (C=O) groups excluding carboxylic acids is 1. The summed E-state index contributed by atoms with van der Waals surface area (Å²) in [5.74, 6) is -0.364. The lowest BCUT2D eigenvalue weighted by Gasteiger charge is -2.40. The molecule has 1 saturated heterocycles. The number of nitrogens with zero attached hydrogens (tertiary/aromatic N) is 1. The van der Waals surface area contributed by atoms with Gasteiger partial charge < -0.3 is 5.32 Å². The summed E-state index contributed by atoms with van der Waals surface area (Å²) in [5, 5.41) is 3.27. The van der Waals surface area contributed by atoms with Crippen LogP contribution in [0.4, 0.5) is 4.39 Å². The van der Waals surface area contributed by atoms with Gasteiger partial charge >= 0.3 is 0 Å². The molecule has 0 saturated carbocycles. The van der Waals surface area contributed by atoms with Crippen molar-refractivity contribution < 1.29 is 9.18 Å². The predicted octanol–water partition coefficient (Wildman–Crippen LogP) is 2.00. The molecule has 1 aromatic rings. The van der Waals surface area contributed by atoms with Crippen LogP contribution in [0, 0.1) is 12.7 Å². The van der Waals surface area contributed by atoms with Gasteiger partial charge in [-0.2, -0.15) is 0 Å². The lowest BCUT2D eigenvalue weighted by atomic mass is 9.88. The van der Waals surface area contributed by atoms with Gasteiger partial charge in [-0.1, -0.05) is 6.07 Å². The third kappa shape index (κ3) is 2.85. The molecule has 0 bridgehead atoms. The molecule has 0 radical (unpaired) electrons. The molecule has 0 amide bonds. The minimum Gasteiger partial charge on any atom is -0.314 e. The second-order valence-electron chi connectivity index (χ2n) is 5.58. The Hall–Kier alpha value is -1.26. The van der Waals surface area contributed by atoms with Crippen molar-refractivity contribution >= 4 is 5.78 Å². The predicted molar refractivity (Wildman–Crippen MR) is 74.0 cm³/mol. The molecule has 1 aliphatic rings. The van der Waals surface area contributed by atoms with Crippen LogP contribution in [0.25, 0.3) is 0 Å². The number of rotatable bonds is 3. The molecule has 1 N–H and O–H groups in total. The molecule has 1 aliphatic heterocycles. The van der Waals surface area contributed by atoms with Crippen molar-refractivity contribution in [3.05, 3.63) is 35.1 Å². The maximum Gasteiger partial charge on any atom is 0.182 e. The topological polar surface area (TPSA) is 32.3 Å². The van der Waals surface area contributed by atoms with Crippen LogP contribution in [0.3, 0.4) is 0 Å². The first-order valence-electron chi connectivity index (χ1n) is 6.69. The van der Waals surface area contributed by atoms with E-state index in [0.29, 0.717) is 5.56 Å². The zero-order valence-electron chi connectivity index (χ0n) is 11.8. The Labute approximate surface area is 113 Å². The number of halogens is 1. The van der Waals surface area contributed by atoms with E-state index in [1.807, 2.05) is 20.8 Å². The van der Waals surface area contributed by atoms with Gasteiger partial charge in [-0.15, -0.1) is 0 Å². The fourth-order valence-corrected chi connectivity index (χ4v) is 2.54. The minimum atomic E-state index is -0.597. The van der Waals surface area contributed by atoms with Gasteiger partial charge in [-0.25, -0.2) is 4.39 Å². The molecule has 1 fully saturated rings. The molecular formula is C15H21FN2O. The maximum atomic E-state index is 13.4. The number of hydrogen-bond donors (Lipinski definition) is 1. The van der Waals surface area contributed by atoms with Crippen molar-refractivity contribution in [3.63, 3.8) is 0 Å². The molecule has 19 heavy (non-hydrogen) atoms. The summed E-state index contributed by atoms with van der Waals surface area (Å²) in [6.07, 6.45) is 0. The highest BCUT2D eigenvalue weighted by atomic mass is 19.1. The molecule has 0 unspecified atom stereocenters. The van der Waals surface area contributed by atoms with Gasteiger partial charge in [0.2, 0.25) is 0 Å². The normalized spacial score (nSPS) is 17.5. The second-order valence-corrected chi connectivity index (χ2v) is 5.58. The summed E-state index contributed by atoms with van der Waals surface area (Å²) in [5.41, 5.74) is 0.721. The smallest absolute Gasteiger partial charge is 0.182 e. The molecule has 1 aromatic carbocycles. The zero-order valence-corrected chi connectivity index (χ0v) is 11.8. The van der Waals surface area contributed by atoms with E-state index in [1.54, 1.807) is 6.07 Å². The molecule has 1 heterocycles. The van der Waals surface area contributed by atoms with Crippen LogP contribution in [-0.4, -0.2) is 42.4 Å². The van der Waals surface area contributed by atoms with Crippen molar-refractivity contribution in [1.29, 1.82) is 0 Å². The first-order valence-corrected chi connectivity index (χ1v) is 6.69. The Morgan fingerprint density at radius 2 is 1.95 bits per heavy atom. The number of aryl methyl sites for hydroxylation is 1. The lowest BCUT2D eigenvalue weighted by molar-refractivity contribution is 0.0601. The number of ketones is 1. The fourth-order valence-electron chi connectivity index (χ4n) is 2.54. The van der Waals surface area contributed by atoms with Gasteiger partial charge in [0.15, 0.2) is 5.78 Å². The number of hydrogen-bond acceptors (Lipinski definition) is 3. The monoisotopic (exact) mass is 264 g/mol. The van der Waals surface area contributed by atoms with E-state index in [-0.39, 0.29) is 11.6 Å². The van der Waals surface area contributed by atoms with Crippen molar-refractivity contribution in [3.8, 4) is 0 Å². The quantitative estimate of drug-likeness (QED) is 0.848. The standard InChI is InChI=1S/C15H21FN2O/c1-11-4-5-12(16)10-13(11)14(19)15(2,3)18-8-6-17-7-9-18/h4-5,10,17H,6-9H2,1-3H3. The molecule has 0 atom stereocenters. The summed E-state index contributed by atoms with van der Waals surface area (Å²) < 4.78 is 13.4. The van der Waals surface area contributed by atoms with E-state index in [1.165, 1.54) is 12.1 Å². The van der Waals surface area contributed by atoms with Crippen LogP contribution in [-0.2, 0) is 0 Å². The van der Waals surface area contributed by atoms with Gasteiger partial charge in [0.1, 0.15) is 5.82 Å². The highest BCUT2D eigenvalue weighted by Gasteiger charge is 2.36. The third-order valence-electron chi connectivity index (χ3n) is 3.91. The van der Waals surface area contributed by atoms with E-state index in [0.717, 1.165) is 31.7 Å². The molecule has 4 heteroatoms. The zero-order chi connectivity index (χ0) is 14.0. The number of nitrogens with one attached hydrogen (secondary N) is 1. The van der Waals surface area contributed by atoms with Gasteiger partial charge in [-0.3, -0.25) is 9.69 Å². The van der Waals surface area contributed by atoms with Crippen molar-refractivity contribution in [2.45, 2.75) is 26.3 Å². The van der Waals surface area contributed by atoms with E-state index < -0.39 is 5.54 Å². The Kier molecular flexibility index (Phi) is 4.02. The SMILES string of the molecule is Cc1ccc(F)cc1C(=O)C(C)(C)N1CCNCC1. The van der Waals surface area contributed by atoms with Crippen LogP contribution in [0.5, 0.6) is 0 Å². The molecule has 0 aromatic heterocycles. The van der Waals surface area contributed by atoms with Crippen LogP contribution >= 0.6 is 0 Å². The first-order chi connectivity index (χ1) is 8.93. The number of Topliss-reactive ketones (excluding diaryl/α,β-unsaturated/α-hetero) is 1. The summed E-state index contributed by atoms with van der Waals surface area (Å²) in [6, 6.07) is 4.40. The van der Waals surface area contributed by atoms with E-state index in [9.17, 15) is 9.18 Å². The molecule has 0 spiro atoms. The highest BCUT2D eigenvalue weighted by Crippen LogP contribution is 2.23. The largest absolute Gasteiger partial charge is 0.314 e. The van der Waals surface area contributed by atoms with E-state index in [4.69, 9.17) is 0 Å². The van der Waals surface area contributed by atoms with E-state index in [2.05, 4.69) is 10.2 Å². The van der Waals surface area contributed by atoms with Crippen molar-refractivity contribution in [2.75, 3.05) is 26.2 Å². The lowest BCUT2D eigenvalue weighted by Crippen LogP contribution is -2.57. The van der Waals surface area contributed by atoms with Crippen LogP contribution in [0.2, 0.25) is 0 Å².